The third-order valence-corrected chi connectivity index (χ3v) is 3.29. The topological polar surface area (TPSA) is 43.4 Å². The van der Waals surface area contributed by atoms with E-state index in [2.05, 4.69) is 17.1 Å². The highest BCUT2D eigenvalue weighted by Gasteiger charge is 2.14. The lowest BCUT2D eigenvalue weighted by Crippen LogP contribution is -2.28. The zero-order valence-electron chi connectivity index (χ0n) is 9.52. The summed E-state index contributed by atoms with van der Waals surface area (Å²) in [5, 5.41) is 11.4. The normalized spacial score (nSPS) is 16.2. The molecule has 1 heterocycles. The molecule has 1 aromatic rings. The minimum atomic E-state index is -1.09. The van der Waals surface area contributed by atoms with Crippen LogP contribution in [0.5, 0.6) is 0 Å². The van der Waals surface area contributed by atoms with Crippen molar-refractivity contribution in [2.45, 2.75) is 12.8 Å². The number of halogens is 1. The van der Waals surface area contributed by atoms with Crippen LogP contribution in [0.25, 0.3) is 0 Å². The number of carboxylic acid groups (broad SMARTS) is 1. The molecule has 3 nitrogen and oxygen atoms in total. The van der Waals surface area contributed by atoms with Gasteiger partial charge in [0.1, 0.15) is 0 Å². The van der Waals surface area contributed by atoms with Gasteiger partial charge in [0.15, 0.2) is 0 Å². The van der Waals surface area contributed by atoms with Gasteiger partial charge in [-0.25, -0.2) is 0 Å². The molecule has 1 unspecified atom stereocenters. The van der Waals surface area contributed by atoms with Crippen molar-refractivity contribution in [2.24, 2.45) is 0 Å². The molecule has 0 bridgehead atoms. The number of nitrogens with zero attached hydrogens (tertiary/aromatic N) is 1. The number of aliphatic carboxylic acids is 1. The minimum absolute atomic E-state index is 0.583. The third-order valence-electron chi connectivity index (χ3n) is 2.98. The van der Waals surface area contributed by atoms with E-state index in [0.717, 1.165) is 18.8 Å². The van der Waals surface area contributed by atoms with Gasteiger partial charge in [0, 0.05) is 25.0 Å². The SMILES string of the molecule is CC(C(=O)[O-])c1ccc(N2CC=CC2)c(Cl)c1. The second kappa shape index (κ2) is 4.80. The Hall–Kier alpha value is -1.48. The highest BCUT2D eigenvalue weighted by atomic mass is 35.5. The third kappa shape index (κ3) is 2.44. The van der Waals surface area contributed by atoms with Crippen molar-refractivity contribution in [3.8, 4) is 0 Å². The molecule has 1 aliphatic rings. The molecule has 4 heteroatoms. The van der Waals surface area contributed by atoms with Gasteiger partial charge >= 0.3 is 0 Å². The van der Waals surface area contributed by atoms with Crippen LogP contribution < -0.4 is 10.0 Å². The molecule has 0 saturated carbocycles. The molecule has 17 heavy (non-hydrogen) atoms. The largest absolute Gasteiger partial charge is 0.550 e. The number of carbonyl (C=O) groups excluding carboxylic acids is 1. The number of hydrogen-bond acceptors (Lipinski definition) is 3. The van der Waals surface area contributed by atoms with Crippen molar-refractivity contribution in [3.05, 3.63) is 40.9 Å². The Kier molecular flexibility index (Phi) is 3.38. The lowest BCUT2D eigenvalue weighted by atomic mass is 10.0. The smallest absolute Gasteiger partial charge is 0.0642 e. The van der Waals surface area contributed by atoms with E-state index < -0.39 is 11.9 Å². The van der Waals surface area contributed by atoms with E-state index in [9.17, 15) is 9.90 Å². The molecule has 1 aromatic carbocycles. The zero-order chi connectivity index (χ0) is 12.4. The molecule has 1 atom stereocenters. The Bertz CT molecular complexity index is 462. The van der Waals surface area contributed by atoms with Crippen LogP contribution in [0.3, 0.4) is 0 Å². The van der Waals surface area contributed by atoms with E-state index in [1.54, 1.807) is 19.1 Å². The molecule has 90 valence electrons. The van der Waals surface area contributed by atoms with Crippen molar-refractivity contribution in [2.75, 3.05) is 18.0 Å². The fourth-order valence-corrected chi connectivity index (χ4v) is 2.17. The highest BCUT2D eigenvalue weighted by Crippen LogP contribution is 2.30. The molecule has 0 saturated heterocycles. The second-order valence-corrected chi connectivity index (χ2v) is 4.54. The van der Waals surface area contributed by atoms with Gasteiger partial charge < -0.3 is 14.8 Å². The van der Waals surface area contributed by atoms with Crippen LogP contribution in [0.2, 0.25) is 5.02 Å². The molecule has 0 spiro atoms. The summed E-state index contributed by atoms with van der Waals surface area (Å²) in [4.78, 5) is 12.9. The van der Waals surface area contributed by atoms with Crippen molar-refractivity contribution in [1.82, 2.24) is 0 Å². The molecule has 0 radical (unpaired) electrons. The average Bonchev–Trinajstić information content (AvgIpc) is 2.81. The Morgan fingerprint density at radius 2 is 2.06 bits per heavy atom. The Balaban J connectivity index is 2.25. The zero-order valence-corrected chi connectivity index (χ0v) is 10.3. The fraction of sp³-hybridized carbons (Fsp3) is 0.308. The Labute approximate surface area is 105 Å². The van der Waals surface area contributed by atoms with Gasteiger partial charge in [-0.15, -0.1) is 0 Å². The number of carboxylic acids is 1. The molecular weight excluding hydrogens is 238 g/mol. The molecule has 0 aliphatic carbocycles. The maximum Gasteiger partial charge on any atom is 0.0642 e. The first-order valence-electron chi connectivity index (χ1n) is 5.50. The van der Waals surface area contributed by atoms with Crippen LogP contribution in [-0.2, 0) is 4.79 Å². The first kappa shape index (κ1) is 12.0. The summed E-state index contributed by atoms with van der Waals surface area (Å²) in [6, 6.07) is 5.36. The van der Waals surface area contributed by atoms with Crippen LogP contribution >= 0.6 is 11.6 Å². The van der Waals surface area contributed by atoms with Gasteiger partial charge in [-0.05, 0) is 17.7 Å². The van der Waals surface area contributed by atoms with Gasteiger partial charge in [-0.1, -0.05) is 36.7 Å². The summed E-state index contributed by atoms with van der Waals surface area (Å²) in [7, 11) is 0. The van der Waals surface area contributed by atoms with E-state index in [0.29, 0.717) is 10.6 Å². The van der Waals surface area contributed by atoms with Gasteiger partial charge in [-0.3, -0.25) is 0 Å². The molecule has 1 aliphatic heterocycles. The summed E-state index contributed by atoms with van der Waals surface area (Å²) in [6.07, 6.45) is 4.15. The van der Waals surface area contributed by atoms with Crippen molar-refractivity contribution in [3.63, 3.8) is 0 Å². The van der Waals surface area contributed by atoms with Crippen LogP contribution in [0, 0.1) is 0 Å². The Morgan fingerprint density at radius 1 is 1.41 bits per heavy atom. The summed E-state index contributed by atoms with van der Waals surface area (Å²) in [6.45, 7) is 3.28. The average molecular weight is 251 g/mol. The van der Waals surface area contributed by atoms with E-state index in [-0.39, 0.29) is 0 Å². The summed E-state index contributed by atoms with van der Waals surface area (Å²) < 4.78 is 0. The monoisotopic (exact) mass is 250 g/mol. The van der Waals surface area contributed by atoms with Crippen molar-refractivity contribution < 1.29 is 9.90 Å². The maximum absolute atomic E-state index is 10.8. The van der Waals surface area contributed by atoms with Crippen molar-refractivity contribution >= 4 is 23.3 Å². The van der Waals surface area contributed by atoms with Gasteiger partial charge in [0.05, 0.1) is 10.7 Å². The number of benzene rings is 1. The quantitative estimate of drug-likeness (QED) is 0.765. The predicted molar refractivity (Wildman–Crippen MR) is 66.2 cm³/mol. The summed E-state index contributed by atoms with van der Waals surface area (Å²) >= 11 is 6.18. The van der Waals surface area contributed by atoms with Gasteiger partial charge in [0.2, 0.25) is 0 Å². The first-order valence-corrected chi connectivity index (χ1v) is 5.87. The number of carbonyl (C=O) groups is 1. The van der Waals surface area contributed by atoms with E-state index in [1.165, 1.54) is 0 Å². The van der Waals surface area contributed by atoms with Crippen LogP contribution in [0.1, 0.15) is 18.4 Å². The molecule has 0 amide bonds. The van der Waals surface area contributed by atoms with Crippen molar-refractivity contribution in [1.29, 1.82) is 0 Å². The Morgan fingerprint density at radius 3 is 2.59 bits per heavy atom. The van der Waals surface area contributed by atoms with Crippen LogP contribution in [0.4, 0.5) is 5.69 Å². The lowest BCUT2D eigenvalue weighted by Gasteiger charge is -2.21. The van der Waals surface area contributed by atoms with Gasteiger partial charge in [-0.2, -0.15) is 0 Å². The molecule has 2 rings (SSSR count). The van der Waals surface area contributed by atoms with Gasteiger partial charge in [0.25, 0.3) is 0 Å². The molecular formula is C13H13ClNO2-. The fourth-order valence-electron chi connectivity index (χ4n) is 1.86. The minimum Gasteiger partial charge on any atom is -0.550 e. The molecule has 0 N–H and O–H groups in total. The van der Waals surface area contributed by atoms with Crippen LogP contribution in [0.15, 0.2) is 30.4 Å². The first-order chi connectivity index (χ1) is 8.09. The molecule has 0 aromatic heterocycles. The van der Waals surface area contributed by atoms with Crippen LogP contribution in [-0.4, -0.2) is 19.1 Å². The second-order valence-electron chi connectivity index (χ2n) is 4.13. The maximum atomic E-state index is 10.8. The number of anilines is 1. The predicted octanol–water partition coefficient (Wildman–Crippen LogP) is 1.57. The van der Waals surface area contributed by atoms with E-state index in [4.69, 9.17) is 11.6 Å². The molecule has 0 fully saturated rings. The summed E-state index contributed by atoms with van der Waals surface area (Å²) in [5.74, 6) is -1.73. The highest BCUT2D eigenvalue weighted by molar-refractivity contribution is 6.33. The number of hydrogen-bond donors (Lipinski definition) is 0. The standard InChI is InChI=1S/C13H14ClNO2/c1-9(13(16)17)10-4-5-12(11(14)8-10)15-6-2-3-7-15/h2-5,8-9H,6-7H2,1H3,(H,16,17)/p-1. The summed E-state index contributed by atoms with van der Waals surface area (Å²) in [5.41, 5.74) is 1.61. The van der Waals surface area contributed by atoms with E-state index in [1.807, 2.05) is 6.07 Å². The lowest BCUT2D eigenvalue weighted by molar-refractivity contribution is -0.307. The number of rotatable bonds is 3. The van der Waals surface area contributed by atoms with E-state index >= 15 is 0 Å².